The second kappa shape index (κ2) is 7.48. The molecule has 1 atom stereocenters. The minimum absolute atomic E-state index is 0.0327. The van der Waals surface area contributed by atoms with Crippen LogP contribution in [0.15, 0.2) is 54.7 Å². The molecule has 28 heavy (non-hydrogen) atoms. The van der Waals surface area contributed by atoms with Crippen LogP contribution < -0.4 is 10.5 Å². The zero-order chi connectivity index (χ0) is 20.5. The fourth-order valence-electron chi connectivity index (χ4n) is 3.50. The normalized spacial score (nSPS) is 14.0. The van der Waals surface area contributed by atoms with Crippen molar-refractivity contribution in [2.24, 2.45) is 5.73 Å². The van der Waals surface area contributed by atoms with Gasteiger partial charge < -0.3 is 10.3 Å². The molecule has 0 bridgehead atoms. The number of sulfonamides is 1. The number of halogens is 1. The Morgan fingerprint density at radius 1 is 1.14 bits per heavy atom. The molecule has 3 rings (SSSR count). The number of primary amides is 1. The van der Waals surface area contributed by atoms with Crippen LogP contribution in [0.25, 0.3) is 10.9 Å². The number of nitrogens with zero attached hydrogens (tertiary/aromatic N) is 1. The van der Waals surface area contributed by atoms with Gasteiger partial charge in [-0.15, -0.1) is 0 Å². The summed E-state index contributed by atoms with van der Waals surface area (Å²) < 4.78 is 28.5. The predicted octanol–water partition coefficient (Wildman–Crippen LogP) is 3.70. The van der Waals surface area contributed by atoms with Crippen molar-refractivity contribution in [3.63, 3.8) is 0 Å². The van der Waals surface area contributed by atoms with Crippen LogP contribution in [0.1, 0.15) is 25.8 Å². The van der Waals surface area contributed by atoms with Gasteiger partial charge in [0.2, 0.25) is 15.9 Å². The number of benzene rings is 2. The van der Waals surface area contributed by atoms with Crippen molar-refractivity contribution in [3.8, 4) is 0 Å². The van der Waals surface area contributed by atoms with Crippen molar-refractivity contribution in [2.45, 2.75) is 25.8 Å². The number of nitrogens with two attached hydrogens (primary N) is 1. The third-order valence-corrected chi connectivity index (χ3v) is 6.57. The molecule has 1 unspecified atom stereocenters. The highest BCUT2D eigenvalue weighted by atomic mass is 35.5. The van der Waals surface area contributed by atoms with Gasteiger partial charge in [-0.2, -0.15) is 0 Å². The second-order valence-electron chi connectivity index (χ2n) is 6.51. The number of hydrogen-bond acceptors (Lipinski definition) is 3. The van der Waals surface area contributed by atoms with Gasteiger partial charge in [-0.1, -0.05) is 36.7 Å². The monoisotopic (exact) mass is 419 g/mol. The van der Waals surface area contributed by atoms with Gasteiger partial charge in [-0.05, 0) is 49.2 Å². The highest BCUT2D eigenvalue weighted by Gasteiger charge is 2.39. The van der Waals surface area contributed by atoms with Crippen LogP contribution in [0.5, 0.6) is 0 Å². The Bertz CT molecular complexity index is 1120. The van der Waals surface area contributed by atoms with Crippen LogP contribution in [-0.4, -0.2) is 24.6 Å². The highest BCUT2D eigenvalue weighted by molar-refractivity contribution is 7.92. The largest absolute Gasteiger partial charge is 0.367 e. The molecule has 0 saturated heterocycles. The lowest BCUT2D eigenvalue weighted by atomic mass is 9.86. The molecule has 8 heteroatoms. The molecule has 1 heterocycles. The molecule has 6 nitrogen and oxygen atoms in total. The van der Waals surface area contributed by atoms with E-state index in [4.69, 9.17) is 17.3 Å². The van der Waals surface area contributed by atoms with Crippen molar-refractivity contribution in [1.82, 2.24) is 4.57 Å². The Morgan fingerprint density at radius 3 is 2.39 bits per heavy atom. The van der Waals surface area contributed by atoms with E-state index in [0.717, 1.165) is 0 Å². The minimum atomic E-state index is -3.43. The van der Waals surface area contributed by atoms with Gasteiger partial charge in [0, 0.05) is 16.6 Å². The summed E-state index contributed by atoms with van der Waals surface area (Å²) in [5, 5.41) is 1.25. The summed E-state index contributed by atoms with van der Waals surface area (Å²) >= 11 is 6.01. The predicted molar refractivity (Wildman–Crippen MR) is 113 cm³/mol. The average Bonchev–Trinajstić information content (AvgIpc) is 3.09. The van der Waals surface area contributed by atoms with Gasteiger partial charge in [-0.25, -0.2) is 8.42 Å². The molecule has 0 aliphatic heterocycles. The smallest absolute Gasteiger partial charge is 0.248 e. The number of carbonyl (C=O) groups excluding carboxylic acids is 1. The van der Waals surface area contributed by atoms with Crippen molar-refractivity contribution in [1.29, 1.82) is 0 Å². The summed E-state index contributed by atoms with van der Waals surface area (Å²) in [4.78, 5) is 12.7. The first kappa shape index (κ1) is 20.2. The zero-order valence-electron chi connectivity index (χ0n) is 15.6. The summed E-state index contributed by atoms with van der Waals surface area (Å²) in [6, 6.07) is 14.1. The molecule has 148 valence electrons. The number of amides is 1. The summed E-state index contributed by atoms with van der Waals surface area (Å²) in [6.45, 7) is 3.46. The van der Waals surface area contributed by atoms with E-state index in [1.807, 2.05) is 13.0 Å². The Kier molecular flexibility index (Phi) is 5.41. The maximum absolute atomic E-state index is 12.7. The van der Waals surface area contributed by atoms with Gasteiger partial charge in [0.25, 0.3) is 0 Å². The van der Waals surface area contributed by atoms with E-state index in [0.29, 0.717) is 33.6 Å². The Balaban J connectivity index is 2.25. The van der Waals surface area contributed by atoms with Crippen LogP contribution in [0, 0.1) is 0 Å². The molecule has 2 aromatic carbocycles. The Morgan fingerprint density at radius 2 is 1.82 bits per heavy atom. The topological polar surface area (TPSA) is 94.2 Å². The van der Waals surface area contributed by atoms with Crippen molar-refractivity contribution < 1.29 is 13.2 Å². The summed E-state index contributed by atoms with van der Waals surface area (Å²) in [7, 11) is -3.43. The number of anilines is 1. The molecule has 1 amide bonds. The number of aromatic nitrogens is 1. The van der Waals surface area contributed by atoms with Crippen LogP contribution in [0.2, 0.25) is 5.02 Å². The van der Waals surface area contributed by atoms with E-state index in [1.165, 1.54) is 0 Å². The number of nitrogens with one attached hydrogen (secondary N) is 1. The lowest BCUT2D eigenvalue weighted by Crippen LogP contribution is -2.46. The van der Waals surface area contributed by atoms with Gasteiger partial charge in [0.1, 0.15) is 5.54 Å². The molecule has 0 aliphatic rings. The molecule has 0 aliphatic carbocycles. The van der Waals surface area contributed by atoms with Crippen LogP contribution in [0.4, 0.5) is 5.69 Å². The zero-order valence-corrected chi connectivity index (χ0v) is 17.2. The summed E-state index contributed by atoms with van der Waals surface area (Å²) in [6.07, 6.45) is 2.18. The maximum atomic E-state index is 12.7. The lowest BCUT2D eigenvalue weighted by molar-refractivity contribution is -0.124. The van der Waals surface area contributed by atoms with E-state index in [-0.39, 0.29) is 5.75 Å². The Hall–Kier alpha value is -2.51. The van der Waals surface area contributed by atoms with Gasteiger partial charge >= 0.3 is 0 Å². The maximum Gasteiger partial charge on any atom is 0.248 e. The van der Waals surface area contributed by atoms with Gasteiger partial charge in [-0.3, -0.25) is 9.52 Å². The fourth-order valence-corrected chi connectivity index (χ4v) is 4.29. The number of rotatable bonds is 7. The standard InChI is InChI=1S/C20H22ClN3O3S/c1-3-20(19(22)25,14-8-10-15(21)11-9-14)24-13-12-16-17(6-5-7-18(16)24)23-28(26,27)4-2/h5-13,23H,3-4H2,1-2H3,(H2,22,25). The molecule has 1 aromatic heterocycles. The first-order valence-electron chi connectivity index (χ1n) is 8.92. The van der Waals surface area contributed by atoms with E-state index in [2.05, 4.69) is 4.72 Å². The average molecular weight is 420 g/mol. The van der Waals surface area contributed by atoms with Gasteiger partial charge in [0.05, 0.1) is 17.0 Å². The second-order valence-corrected chi connectivity index (χ2v) is 8.96. The fraction of sp³-hybridized carbons (Fsp3) is 0.250. The van der Waals surface area contributed by atoms with E-state index < -0.39 is 21.5 Å². The lowest BCUT2D eigenvalue weighted by Gasteiger charge is -2.33. The molecule has 0 spiro atoms. The highest BCUT2D eigenvalue weighted by Crippen LogP contribution is 2.36. The molecule has 0 saturated carbocycles. The molecular formula is C20H22ClN3O3S. The molecular weight excluding hydrogens is 398 g/mol. The van der Waals surface area contributed by atoms with Crippen LogP contribution >= 0.6 is 11.6 Å². The SMILES string of the molecule is CCC(C(N)=O)(c1ccc(Cl)cc1)n1ccc2c(NS(=O)(=O)CC)cccc21. The van der Waals surface area contributed by atoms with Crippen LogP contribution in [0.3, 0.4) is 0 Å². The third kappa shape index (κ3) is 3.36. The van der Waals surface area contributed by atoms with Crippen molar-refractivity contribution >= 4 is 44.1 Å². The van der Waals surface area contributed by atoms with E-state index >= 15 is 0 Å². The van der Waals surface area contributed by atoms with Crippen molar-refractivity contribution in [2.75, 3.05) is 10.5 Å². The third-order valence-electron chi connectivity index (χ3n) is 5.03. The minimum Gasteiger partial charge on any atom is -0.367 e. The first-order chi connectivity index (χ1) is 13.2. The van der Waals surface area contributed by atoms with Gasteiger partial charge in [0.15, 0.2) is 0 Å². The van der Waals surface area contributed by atoms with E-state index in [9.17, 15) is 13.2 Å². The number of carbonyl (C=O) groups is 1. The number of hydrogen-bond donors (Lipinski definition) is 2. The van der Waals surface area contributed by atoms with Crippen molar-refractivity contribution in [3.05, 3.63) is 65.3 Å². The van der Waals surface area contributed by atoms with Crippen LogP contribution in [-0.2, 0) is 20.4 Å². The molecule has 3 aromatic rings. The number of fused-ring (bicyclic) bond motifs is 1. The summed E-state index contributed by atoms with van der Waals surface area (Å²) in [5.41, 5.74) is 6.64. The van der Waals surface area contributed by atoms with E-state index in [1.54, 1.807) is 60.2 Å². The molecule has 0 radical (unpaired) electrons. The first-order valence-corrected chi connectivity index (χ1v) is 10.9. The summed E-state index contributed by atoms with van der Waals surface area (Å²) in [5.74, 6) is -0.538. The quantitative estimate of drug-likeness (QED) is 0.611. The Labute approximate surface area is 169 Å². The molecule has 3 N–H and O–H groups in total. The molecule has 0 fully saturated rings.